The Morgan fingerprint density at radius 1 is 1.40 bits per heavy atom. The Morgan fingerprint density at radius 3 is 2.73 bits per heavy atom. The summed E-state index contributed by atoms with van der Waals surface area (Å²) in [5.41, 5.74) is 2.81. The molecule has 0 spiro atoms. The van der Waals surface area contributed by atoms with E-state index >= 15 is 0 Å². The molecule has 0 aliphatic heterocycles. The molecule has 0 heterocycles. The Bertz CT molecular complexity index is 205. The maximum atomic E-state index is 10.4. The van der Waals surface area contributed by atoms with Crippen LogP contribution in [0.5, 0.6) is 0 Å². The smallest absolute Gasteiger partial charge is 0.351 e. The predicted molar refractivity (Wildman–Crippen MR) is 59.1 cm³/mol. The van der Waals surface area contributed by atoms with Crippen LogP contribution in [0.15, 0.2) is 5.10 Å². The molecule has 0 aliphatic carbocycles. The minimum Gasteiger partial charge on any atom is -0.477 e. The molecule has 0 unspecified atom stereocenters. The van der Waals surface area contributed by atoms with Crippen molar-refractivity contribution in [2.75, 3.05) is 19.8 Å². The first kappa shape index (κ1) is 13.9. The topological polar surface area (TPSA) is 70.9 Å². The fraction of sp³-hybridized carbons (Fsp3) is 0.800. The van der Waals surface area contributed by atoms with Crippen molar-refractivity contribution in [3.63, 3.8) is 0 Å². The predicted octanol–water partition coefficient (Wildman–Crippen LogP) is 1.24. The number of hydrogen-bond acceptors (Lipinski definition) is 4. The summed E-state index contributed by atoms with van der Waals surface area (Å²) in [5, 5.41) is 12.2. The van der Waals surface area contributed by atoms with Gasteiger partial charge in [0.25, 0.3) is 0 Å². The molecule has 0 rings (SSSR count). The molecule has 0 aromatic carbocycles. The lowest BCUT2D eigenvalue weighted by atomic mass is 10.2. The molecule has 2 N–H and O–H groups in total. The molecule has 0 saturated heterocycles. The lowest BCUT2D eigenvalue weighted by Crippen LogP contribution is -2.16. The summed E-state index contributed by atoms with van der Waals surface area (Å²) in [5.74, 6) is -0.987. The van der Waals surface area contributed by atoms with E-state index in [0.29, 0.717) is 6.54 Å². The molecule has 5 heteroatoms. The van der Waals surface area contributed by atoms with Crippen molar-refractivity contribution in [3.05, 3.63) is 0 Å². The molecule has 0 aromatic heterocycles. The van der Waals surface area contributed by atoms with Crippen LogP contribution < -0.4 is 5.43 Å². The number of carbonyl (C=O) groups is 1. The van der Waals surface area contributed by atoms with Gasteiger partial charge in [0.2, 0.25) is 0 Å². The zero-order valence-corrected chi connectivity index (χ0v) is 9.45. The normalized spacial score (nSPS) is 11.5. The summed E-state index contributed by atoms with van der Waals surface area (Å²) in [6, 6.07) is 0. The van der Waals surface area contributed by atoms with E-state index in [0.717, 1.165) is 32.5 Å². The molecule has 5 nitrogen and oxygen atoms in total. The Balaban J connectivity index is 3.25. The van der Waals surface area contributed by atoms with Gasteiger partial charge >= 0.3 is 5.97 Å². The van der Waals surface area contributed by atoms with E-state index < -0.39 is 5.97 Å². The number of ether oxygens (including phenoxy) is 1. The molecular weight excluding hydrogens is 196 g/mol. The fourth-order valence-electron chi connectivity index (χ4n) is 0.952. The van der Waals surface area contributed by atoms with Crippen LogP contribution >= 0.6 is 0 Å². The van der Waals surface area contributed by atoms with Gasteiger partial charge in [-0.3, -0.25) is 0 Å². The van der Waals surface area contributed by atoms with Crippen molar-refractivity contribution < 1.29 is 14.6 Å². The summed E-state index contributed by atoms with van der Waals surface area (Å²) in [7, 11) is 0. The number of hydrazone groups is 1. The van der Waals surface area contributed by atoms with Crippen molar-refractivity contribution in [2.24, 2.45) is 5.10 Å². The molecule has 0 radical (unpaired) electrons. The minimum absolute atomic E-state index is 0.0873. The molecule has 0 aromatic rings. The van der Waals surface area contributed by atoms with E-state index in [1.165, 1.54) is 6.92 Å². The number of rotatable bonds is 9. The van der Waals surface area contributed by atoms with Crippen LogP contribution in [-0.4, -0.2) is 36.5 Å². The van der Waals surface area contributed by atoms with Crippen LogP contribution in [0.2, 0.25) is 0 Å². The van der Waals surface area contributed by atoms with Gasteiger partial charge in [-0.15, -0.1) is 0 Å². The first-order valence-electron chi connectivity index (χ1n) is 5.26. The SMILES string of the molecule is CCOCCCCCN/N=C(/C)C(=O)O. The van der Waals surface area contributed by atoms with E-state index in [1.54, 1.807) is 0 Å². The molecule has 0 aliphatic rings. The Hall–Kier alpha value is -1.10. The number of unbranched alkanes of at least 4 members (excludes halogenated alkanes) is 2. The molecule has 0 bridgehead atoms. The third kappa shape index (κ3) is 9.21. The number of carboxylic acids is 1. The summed E-state index contributed by atoms with van der Waals surface area (Å²) >= 11 is 0. The minimum atomic E-state index is -0.987. The van der Waals surface area contributed by atoms with Crippen molar-refractivity contribution >= 4 is 11.7 Å². The van der Waals surface area contributed by atoms with Crippen molar-refractivity contribution in [3.8, 4) is 0 Å². The Labute approximate surface area is 90.5 Å². The largest absolute Gasteiger partial charge is 0.477 e. The number of carboxylic acid groups (broad SMARTS) is 1. The number of nitrogens with one attached hydrogen (secondary N) is 1. The molecule has 0 amide bonds. The number of aliphatic carboxylic acids is 1. The van der Waals surface area contributed by atoms with Crippen LogP contribution in [0.4, 0.5) is 0 Å². The summed E-state index contributed by atoms with van der Waals surface area (Å²) in [6.45, 7) is 5.71. The van der Waals surface area contributed by atoms with Gasteiger partial charge in [0.05, 0.1) is 0 Å². The number of nitrogens with zero attached hydrogens (tertiary/aromatic N) is 1. The molecule has 0 saturated carbocycles. The first-order chi connectivity index (χ1) is 7.18. The van der Waals surface area contributed by atoms with Gasteiger partial charge in [0.1, 0.15) is 5.71 Å². The van der Waals surface area contributed by atoms with Gasteiger partial charge in [0.15, 0.2) is 0 Å². The Morgan fingerprint density at radius 2 is 2.13 bits per heavy atom. The average Bonchev–Trinajstić information content (AvgIpc) is 2.21. The van der Waals surface area contributed by atoms with E-state index in [9.17, 15) is 4.79 Å². The van der Waals surface area contributed by atoms with Gasteiger partial charge in [0, 0.05) is 19.8 Å². The van der Waals surface area contributed by atoms with Gasteiger partial charge in [-0.25, -0.2) is 4.79 Å². The first-order valence-corrected chi connectivity index (χ1v) is 5.26. The van der Waals surface area contributed by atoms with Crippen LogP contribution in [0.1, 0.15) is 33.1 Å². The highest BCUT2D eigenvalue weighted by molar-refractivity contribution is 6.34. The molecule has 88 valence electrons. The maximum absolute atomic E-state index is 10.4. The van der Waals surface area contributed by atoms with Crippen molar-refractivity contribution in [1.29, 1.82) is 0 Å². The van der Waals surface area contributed by atoms with Crippen LogP contribution in [0.25, 0.3) is 0 Å². The summed E-state index contributed by atoms with van der Waals surface area (Å²) < 4.78 is 5.18. The van der Waals surface area contributed by atoms with Gasteiger partial charge in [-0.2, -0.15) is 5.10 Å². The van der Waals surface area contributed by atoms with Crippen LogP contribution in [-0.2, 0) is 9.53 Å². The summed E-state index contributed by atoms with van der Waals surface area (Å²) in [4.78, 5) is 10.4. The lowest BCUT2D eigenvalue weighted by molar-refractivity contribution is -0.129. The van der Waals surface area contributed by atoms with E-state index in [-0.39, 0.29) is 5.71 Å². The molecule has 0 atom stereocenters. The highest BCUT2D eigenvalue weighted by atomic mass is 16.5. The Kier molecular flexibility index (Phi) is 8.76. The summed E-state index contributed by atoms with van der Waals surface area (Å²) in [6.07, 6.45) is 3.08. The lowest BCUT2D eigenvalue weighted by Gasteiger charge is -2.02. The quantitative estimate of drug-likeness (QED) is 0.345. The van der Waals surface area contributed by atoms with Crippen molar-refractivity contribution in [2.45, 2.75) is 33.1 Å². The zero-order valence-electron chi connectivity index (χ0n) is 9.45. The van der Waals surface area contributed by atoms with E-state index in [1.807, 2.05) is 6.92 Å². The van der Waals surface area contributed by atoms with Gasteiger partial charge < -0.3 is 15.3 Å². The van der Waals surface area contributed by atoms with Crippen LogP contribution in [0.3, 0.4) is 0 Å². The van der Waals surface area contributed by atoms with E-state index in [2.05, 4.69) is 10.5 Å². The standard InChI is InChI=1S/C10H20N2O3/c1-3-15-8-6-4-5-7-11-12-9(2)10(13)14/h11H,3-8H2,1-2H3,(H,13,14)/b12-9-. The third-order valence-electron chi connectivity index (χ3n) is 1.84. The third-order valence-corrected chi connectivity index (χ3v) is 1.84. The average molecular weight is 216 g/mol. The highest BCUT2D eigenvalue weighted by Crippen LogP contribution is 1.94. The molecule has 15 heavy (non-hydrogen) atoms. The molecular formula is C10H20N2O3. The second kappa shape index (κ2) is 9.45. The highest BCUT2D eigenvalue weighted by Gasteiger charge is 1.99. The second-order valence-corrected chi connectivity index (χ2v) is 3.17. The van der Waals surface area contributed by atoms with Crippen LogP contribution in [0, 0.1) is 0 Å². The monoisotopic (exact) mass is 216 g/mol. The van der Waals surface area contributed by atoms with Crippen molar-refractivity contribution in [1.82, 2.24) is 5.43 Å². The van der Waals surface area contributed by atoms with E-state index in [4.69, 9.17) is 9.84 Å². The number of hydrogen-bond donors (Lipinski definition) is 2. The maximum Gasteiger partial charge on any atom is 0.351 e. The van der Waals surface area contributed by atoms with Gasteiger partial charge in [-0.05, 0) is 33.1 Å². The fourth-order valence-corrected chi connectivity index (χ4v) is 0.952. The second-order valence-electron chi connectivity index (χ2n) is 3.17. The zero-order chi connectivity index (χ0) is 11.5. The molecule has 0 fully saturated rings. The van der Waals surface area contributed by atoms with Gasteiger partial charge in [-0.1, -0.05) is 0 Å².